The Morgan fingerprint density at radius 3 is 2.75 bits per heavy atom. The Morgan fingerprint density at radius 1 is 1.50 bits per heavy atom. The van der Waals surface area contributed by atoms with Crippen LogP contribution in [0.4, 0.5) is 5.69 Å². The van der Waals surface area contributed by atoms with Gasteiger partial charge in [-0.1, -0.05) is 0 Å². The molecule has 88 valence electrons. The standard InChI is InChI=1S/C9H11BrN2O3S/c1-16(13,14)12-8-5-11-4-7(10)9(8)15-6-2-3-6/h4-6,12H,2-3H2,1H3. The second-order valence-corrected chi connectivity index (χ2v) is 6.29. The third kappa shape index (κ3) is 3.08. The van der Waals surface area contributed by atoms with Gasteiger partial charge in [0, 0.05) is 6.20 Å². The fourth-order valence-corrected chi connectivity index (χ4v) is 2.14. The highest BCUT2D eigenvalue weighted by molar-refractivity contribution is 9.10. The summed E-state index contributed by atoms with van der Waals surface area (Å²) in [7, 11) is -3.32. The molecule has 0 radical (unpaired) electrons. The number of sulfonamides is 1. The molecule has 0 saturated heterocycles. The van der Waals surface area contributed by atoms with Crippen molar-refractivity contribution in [3.05, 3.63) is 16.9 Å². The summed E-state index contributed by atoms with van der Waals surface area (Å²) in [6.45, 7) is 0. The Bertz CT molecular complexity index is 499. The number of halogens is 1. The van der Waals surface area contributed by atoms with Crippen molar-refractivity contribution in [3.8, 4) is 5.75 Å². The smallest absolute Gasteiger partial charge is 0.229 e. The van der Waals surface area contributed by atoms with Gasteiger partial charge in [-0.25, -0.2) is 8.42 Å². The first-order valence-electron chi connectivity index (χ1n) is 4.73. The monoisotopic (exact) mass is 306 g/mol. The van der Waals surface area contributed by atoms with Crippen molar-refractivity contribution in [1.82, 2.24) is 4.98 Å². The maximum atomic E-state index is 11.2. The number of nitrogens with zero attached hydrogens (tertiary/aromatic N) is 1. The van der Waals surface area contributed by atoms with E-state index < -0.39 is 10.0 Å². The van der Waals surface area contributed by atoms with Crippen LogP contribution in [-0.2, 0) is 10.0 Å². The first-order chi connectivity index (χ1) is 7.46. The largest absolute Gasteiger partial charge is 0.487 e. The van der Waals surface area contributed by atoms with Crippen LogP contribution in [0.3, 0.4) is 0 Å². The number of pyridine rings is 1. The fraction of sp³-hybridized carbons (Fsp3) is 0.444. The van der Waals surface area contributed by atoms with E-state index in [9.17, 15) is 8.42 Å². The van der Waals surface area contributed by atoms with Crippen LogP contribution < -0.4 is 9.46 Å². The summed E-state index contributed by atoms with van der Waals surface area (Å²) in [6, 6.07) is 0. The van der Waals surface area contributed by atoms with Gasteiger partial charge in [-0.05, 0) is 28.8 Å². The average molecular weight is 307 g/mol. The molecule has 5 nitrogen and oxygen atoms in total. The molecule has 1 aliphatic carbocycles. The Balaban J connectivity index is 2.31. The van der Waals surface area contributed by atoms with Crippen LogP contribution in [-0.4, -0.2) is 25.8 Å². The van der Waals surface area contributed by atoms with Crippen LogP contribution in [0.2, 0.25) is 0 Å². The molecular formula is C9H11BrN2O3S. The van der Waals surface area contributed by atoms with E-state index in [1.54, 1.807) is 6.20 Å². The van der Waals surface area contributed by atoms with Gasteiger partial charge in [0.1, 0.15) is 5.69 Å². The van der Waals surface area contributed by atoms with Crippen molar-refractivity contribution in [2.75, 3.05) is 11.0 Å². The van der Waals surface area contributed by atoms with Crippen LogP contribution >= 0.6 is 15.9 Å². The molecule has 0 unspecified atom stereocenters. The van der Waals surface area contributed by atoms with Gasteiger partial charge in [-0.3, -0.25) is 9.71 Å². The van der Waals surface area contributed by atoms with Crippen molar-refractivity contribution in [1.29, 1.82) is 0 Å². The second kappa shape index (κ2) is 4.21. The summed E-state index contributed by atoms with van der Waals surface area (Å²) in [4.78, 5) is 3.90. The molecule has 0 atom stereocenters. The molecule has 0 aliphatic heterocycles. The van der Waals surface area contributed by atoms with Gasteiger partial charge in [0.2, 0.25) is 10.0 Å². The number of hydrogen-bond donors (Lipinski definition) is 1. The number of hydrogen-bond acceptors (Lipinski definition) is 4. The van der Waals surface area contributed by atoms with Crippen molar-refractivity contribution >= 4 is 31.6 Å². The van der Waals surface area contributed by atoms with Gasteiger partial charge in [0.05, 0.1) is 23.0 Å². The highest BCUT2D eigenvalue weighted by Gasteiger charge is 2.26. The van der Waals surface area contributed by atoms with Gasteiger partial charge < -0.3 is 4.74 Å². The maximum Gasteiger partial charge on any atom is 0.229 e. The van der Waals surface area contributed by atoms with Gasteiger partial charge in [0.25, 0.3) is 0 Å². The molecule has 1 N–H and O–H groups in total. The summed E-state index contributed by atoms with van der Waals surface area (Å²) in [5, 5.41) is 0. The molecule has 2 rings (SSSR count). The SMILES string of the molecule is CS(=O)(=O)Nc1cncc(Br)c1OC1CC1. The molecule has 0 spiro atoms. The quantitative estimate of drug-likeness (QED) is 0.920. The first kappa shape index (κ1) is 11.7. The summed E-state index contributed by atoms with van der Waals surface area (Å²) < 4.78 is 31.0. The molecule has 1 aliphatic rings. The number of nitrogens with one attached hydrogen (secondary N) is 1. The normalized spacial score (nSPS) is 15.9. The summed E-state index contributed by atoms with van der Waals surface area (Å²) in [5.41, 5.74) is 0.365. The topological polar surface area (TPSA) is 68.3 Å². The molecule has 1 aromatic rings. The van der Waals surface area contributed by atoms with Gasteiger partial charge in [-0.15, -0.1) is 0 Å². The third-order valence-electron chi connectivity index (χ3n) is 1.96. The van der Waals surface area contributed by atoms with Crippen molar-refractivity contribution in [3.63, 3.8) is 0 Å². The van der Waals surface area contributed by atoms with Gasteiger partial charge in [-0.2, -0.15) is 0 Å². The van der Waals surface area contributed by atoms with Gasteiger partial charge >= 0.3 is 0 Å². The molecule has 16 heavy (non-hydrogen) atoms. The van der Waals surface area contributed by atoms with Crippen LogP contribution in [0, 0.1) is 0 Å². The maximum absolute atomic E-state index is 11.2. The van der Waals surface area contributed by atoms with Crippen LogP contribution in [0.5, 0.6) is 5.75 Å². The lowest BCUT2D eigenvalue weighted by atomic mass is 10.4. The summed E-state index contributed by atoms with van der Waals surface area (Å²) in [6.07, 6.45) is 6.31. The summed E-state index contributed by atoms with van der Waals surface area (Å²) in [5.74, 6) is 0.503. The molecule has 1 fully saturated rings. The molecule has 1 heterocycles. The van der Waals surface area contributed by atoms with Crippen molar-refractivity contribution < 1.29 is 13.2 Å². The molecule has 1 aromatic heterocycles. The molecular weight excluding hydrogens is 296 g/mol. The van der Waals surface area contributed by atoms with E-state index in [2.05, 4.69) is 25.6 Å². The minimum atomic E-state index is -3.32. The zero-order chi connectivity index (χ0) is 11.8. The molecule has 7 heteroatoms. The zero-order valence-electron chi connectivity index (χ0n) is 8.60. The van der Waals surface area contributed by atoms with E-state index in [0.717, 1.165) is 19.1 Å². The number of ether oxygens (including phenoxy) is 1. The molecule has 1 saturated carbocycles. The van der Waals surface area contributed by atoms with Gasteiger partial charge in [0.15, 0.2) is 5.75 Å². The Kier molecular flexibility index (Phi) is 3.07. The Hall–Kier alpha value is -0.820. The highest BCUT2D eigenvalue weighted by Crippen LogP contribution is 2.37. The lowest BCUT2D eigenvalue weighted by molar-refractivity contribution is 0.302. The van der Waals surface area contributed by atoms with Crippen LogP contribution in [0.15, 0.2) is 16.9 Å². The molecule has 0 amide bonds. The average Bonchev–Trinajstić information content (AvgIpc) is 2.92. The number of aromatic nitrogens is 1. The second-order valence-electron chi connectivity index (χ2n) is 3.69. The minimum Gasteiger partial charge on any atom is -0.487 e. The predicted octanol–water partition coefficient (Wildman–Crippen LogP) is 1.76. The van der Waals surface area contributed by atoms with E-state index in [0.29, 0.717) is 15.9 Å². The van der Waals surface area contributed by atoms with Crippen molar-refractivity contribution in [2.45, 2.75) is 18.9 Å². The lowest BCUT2D eigenvalue weighted by Crippen LogP contribution is -2.12. The molecule has 0 aromatic carbocycles. The fourth-order valence-electron chi connectivity index (χ4n) is 1.17. The minimum absolute atomic E-state index is 0.193. The zero-order valence-corrected chi connectivity index (χ0v) is 11.0. The Labute approximate surface area is 102 Å². The van der Waals surface area contributed by atoms with Crippen molar-refractivity contribution in [2.24, 2.45) is 0 Å². The number of anilines is 1. The number of rotatable bonds is 4. The van der Waals surface area contributed by atoms with E-state index in [4.69, 9.17) is 4.74 Å². The van der Waals surface area contributed by atoms with E-state index >= 15 is 0 Å². The first-order valence-corrected chi connectivity index (χ1v) is 7.42. The van der Waals surface area contributed by atoms with Crippen LogP contribution in [0.25, 0.3) is 0 Å². The van der Waals surface area contributed by atoms with E-state index in [1.165, 1.54) is 6.20 Å². The highest BCUT2D eigenvalue weighted by atomic mass is 79.9. The van der Waals surface area contributed by atoms with E-state index in [-0.39, 0.29) is 6.10 Å². The van der Waals surface area contributed by atoms with Crippen LogP contribution in [0.1, 0.15) is 12.8 Å². The molecule has 0 bridgehead atoms. The lowest BCUT2D eigenvalue weighted by Gasteiger charge is -2.12. The van der Waals surface area contributed by atoms with E-state index in [1.807, 2.05) is 0 Å². The third-order valence-corrected chi connectivity index (χ3v) is 3.11. The predicted molar refractivity (Wildman–Crippen MR) is 64.1 cm³/mol. The Morgan fingerprint density at radius 2 is 2.19 bits per heavy atom. The summed E-state index contributed by atoms with van der Waals surface area (Å²) >= 11 is 3.29.